The molecule has 7 heteroatoms. The van der Waals surface area contributed by atoms with Crippen LogP contribution in [0.15, 0.2) is 95.5 Å². The average molecular weight is 525 g/mol. The molecule has 1 aliphatic rings. The van der Waals surface area contributed by atoms with Crippen LogP contribution < -0.4 is 10.6 Å². The van der Waals surface area contributed by atoms with Gasteiger partial charge in [-0.1, -0.05) is 64.5 Å². The van der Waals surface area contributed by atoms with Crippen molar-refractivity contribution in [2.45, 2.75) is 0 Å². The van der Waals surface area contributed by atoms with Crippen molar-refractivity contribution in [3.05, 3.63) is 129 Å². The number of hydrogen-bond acceptors (Lipinski definition) is 4. The molecule has 170 valence electrons. The number of anilines is 2. The summed E-state index contributed by atoms with van der Waals surface area (Å²) in [6, 6.07) is 24.9. The molecule has 4 aromatic carbocycles. The van der Waals surface area contributed by atoms with E-state index in [1.54, 1.807) is 91.0 Å². The fourth-order valence-corrected chi connectivity index (χ4v) is 4.46. The molecule has 0 aliphatic heterocycles. The number of ketones is 2. The van der Waals surface area contributed by atoms with E-state index in [1.807, 2.05) is 0 Å². The van der Waals surface area contributed by atoms with Gasteiger partial charge in [-0.15, -0.1) is 0 Å². The first-order valence-corrected chi connectivity index (χ1v) is 11.5. The molecule has 0 heterocycles. The van der Waals surface area contributed by atoms with E-state index in [4.69, 9.17) is 0 Å². The summed E-state index contributed by atoms with van der Waals surface area (Å²) in [5.74, 6) is -1.61. The Labute approximate surface area is 209 Å². The Morgan fingerprint density at radius 3 is 1.60 bits per heavy atom. The van der Waals surface area contributed by atoms with Crippen LogP contribution in [0.1, 0.15) is 52.6 Å². The molecule has 0 spiro atoms. The molecule has 0 saturated heterocycles. The highest BCUT2D eigenvalue weighted by Gasteiger charge is 2.34. The first-order valence-electron chi connectivity index (χ1n) is 10.7. The van der Waals surface area contributed by atoms with Crippen LogP contribution in [0, 0.1) is 0 Å². The van der Waals surface area contributed by atoms with E-state index in [0.717, 1.165) is 4.47 Å². The topological polar surface area (TPSA) is 92.3 Å². The number of halogens is 1. The maximum Gasteiger partial charge on any atom is 0.255 e. The van der Waals surface area contributed by atoms with Crippen molar-refractivity contribution in [2.24, 2.45) is 0 Å². The van der Waals surface area contributed by atoms with E-state index in [0.29, 0.717) is 11.1 Å². The Hall–Kier alpha value is -4.36. The first kappa shape index (κ1) is 22.4. The lowest BCUT2D eigenvalue weighted by Crippen LogP contribution is -2.26. The molecule has 0 aromatic heterocycles. The smallest absolute Gasteiger partial charge is 0.255 e. The summed E-state index contributed by atoms with van der Waals surface area (Å²) in [4.78, 5) is 52.6. The lowest BCUT2D eigenvalue weighted by atomic mass is 9.82. The predicted molar refractivity (Wildman–Crippen MR) is 136 cm³/mol. The zero-order valence-electron chi connectivity index (χ0n) is 18.2. The van der Waals surface area contributed by atoms with Crippen LogP contribution in [0.2, 0.25) is 0 Å². The molecule has 2 amide bonds. The summed E-state index contributed by atoms with van der Waals surface area (Å²) in [7, 11) is 0. The van der Waals surface area contributed by atoms with Gasteiger partial charge in [0.1, 0.15) is 0 Å². The number of rotatable bonds is 4. The van der Waals surface area contributed by atoms with E-state index in [1.165, 1.54) is 0 Å². The van der Waals surface area contributed by atoms with Gasteiger partial charge in [-0.25, -0.2) is 0 Å². The number of hydrogen-bond donors (Lipinski definition) is 2. The Kier molecular flexibility index (Phi) is 5.84. The third-order valence-electron chi connectivity index (χ3n) is 5.69. The highest BCUT2D eigenvalue weighted by molar-refractivity contribution is 9.10. The van der Waals surface area contributed by atoms with Crippen LogP contribution in [-0.2, 0) is 0 Å². The summed E-state index contributed by atoms with van der Waals surface area (Å²) in [6.45, 7) is 0. The number of carbonyl (C=O) groups excluding carboxylic acids is 4. The van der Waals surface area contributed by atoms with Gasteiger partial charge in [-0.2, -0.15) is 0 Å². The molecule has 0 fully saturated rings. The summed E-state index contributed by atoms with van der Waals surface area (Å²) < 4.78 is 0.741. The zero-order valence-corrected chi connectivity index (χ0v) is 19.8. The van der Waals surface area contributed by atoms with Gasteiger partial charge in [0, 0.05) is 26.7 Å². The van der Waals surface area contributed by atoms with Gasteiger partial charge < -0.3 is 10.6 Å². The van der Waals surface area contributed by atoms with Gasteiger partial charge >= 0.3 is 0 Å². The second-order valence-electron chi connectivity index (χ2n) is 7.90. The molecule has 6 nitrogen and oxygen atoms in total. The molecule has 2 N–H and O–H groups in total. The SMILES string of the molecule is O=C(Nc1cccc2c1C(=O)c1cccc(NC(=O)c3cccc(Br)c3)c1C2=O)c1ccccc1. The summed E-state index contributed by atoms with van der Waals surface area (Å²) in [5, 5.41) is 5.52. The second kappa shape index (κ2) is 9.12. The molecule has 0 atom stereocenters. The highest BCUT2D eigenvalue weighted by Crippen LogP contribution is 2.35. The molecule has 35 heavy (non-hydrogen) atoms. The van der Waals surface area contributed by atoms with Crippen molar-refractivity contribution in [3.8, 4) is 0 Å². The predicted octanol–water partition coefficient (Wildman–Crippen LogP) is 5.73. The van der Waals surface area contributed by atoms with E-state index in [-0.39, 0.29) is 39.5 Å². The summed E-state index contributed by atoms with van der Waals surface area (Å²) in [5.41, 5.74) is 1.91. The molecule has 5 rings (SSSR count). The summed E-state index contributed by atoms with van der Waals surface area (Å²) in [6.07, 6.45) is 0. The quantitative estimate of drug-likeness (QED) is 0.314. The van der Waals surface area contributed by atoms with Crippen molar-refractivity contribution >= 4 is 50.7 Å². The first-order chi connectivity index (χ1) is 16.9. The van der Waals surface area contributed by atoms with E-state index in [2.05, 4.69) is 26.6 Å². The van der Waals surface area contributed by atoms with Crippen LogP contribution in [0.5, 0.6) is 0 Å². The van der Waals surface area contributed by atoms with Gasteiger partial charge in [0.25, 0.3) is 11.8 Å². The number of fused-ring (bicyclic) bond motifs is 2. The zero-order chi connectivity index (χ0) is 24.5. The Morgan fingerprint density at radius 1 is 0.571 bits per heavy atom. The summed E-state index contributed by atoms with van der Waals surface area (Å²) >= 11 is 3.34. The van der Waals surface area contributed by atoms with Gasteiger partial charge in [0.15, 0.2) is 11.6 Å². The van der Waals surface area contributed by atoms with Crippen LogP contribution in [-0.4, -0.2) is 23.4 Å². The van der Waals surface area contributed by atoms with Crippen LogP contribution in [0.25, 0.3) is 0 Å². The number of benzene rings is 4. The van der Waals surface area contributed by atoms with Gasteiger partial charge in [0.05, 0.1) is 22.5 Å². The molecule has 4 aromatic rings. The second-order valence-corrected chi connectivity index (χ2v) is 8.81. The molecular weight excluding hydrogens is 508 g/mol. The number of nitrogens with one attached hydrogen (secondary N) is 2. The van der Waals surface area contributed by atoms with Gasteiger partial charge in [0.2, 0.25) is 0 Å². The van der Waals surface area contributed by atoms with Crippen LogP contribution >= 0.6 is 15.9 Å². The van der Waals surface area contributed by atoms with Crippen molar-refractivity contribution in [3.63, 3.8) is 0 Å². The van der Waals surface area contributed by atoms with Crippen molar-refractivity contribution in [1.82, 2.24) is 0 Å². The van der Waals surface area contributed by atoms with Crippen molar-refractivity contribution < 1.29 is 19.2 Å². The van der Waals surface area contributed by atoms with E-state index >= 15 is 0 Å². The third kappa shape index (κ3) is 4.18. The van der Waals surface area contributed by atoms with Crippen molar-refractivity contribution in [2.75, 3.05) is 10.6 Å². The van der Waals surface area contributed by atoms with Crippen LogP contribution in [0.3, 0.4) is 0 Å². The minimum atomic E-state index is -0.408. The van der Waals surface area contributed by atoms with Gasteiger partial charge in [-0.3, -0.25) is 19.2 Å². The third-order valence-corrected chi connectivity index (χ3v) is 6.18. The normalized spacial score (nSPS) is 11.9. The standard InChI is InChI=1S/C28H17BrN2O4/c29-18-10-4-9-17(15-18)28(35)31-22-14-6-12-20-24(22)26(33)19-11-5-13-21(23(19)25(20)32)30-27(34)16-7-2-1-3-8-16/h1-15H,(H,30,34)(H,31,35). The molecule has 0 radical (unpaired) electrons. The van der Waals surface area contributed by atoms with E-state index < -0.39 is 17.5 Å². The Morgan fingerprint density at radius 2 is 1.06 bits per heavy atom. The fourth-order valence-electron chi connectivity index (χ4n) is 4.06. The minimum absolute atomic E-state index is 0.125. The minimum Gasteiger partial charge on any atom is -0.321 e. The maximum absolute atomic E-state index is 13.5. The largest absolute Gasteiger partial charge is 0.321 e. The molecule has 0 bridgehead atoms. The number of amides is 2. The van der Waals surface area contributed by atoms with Crippen LogP contribution in [0.4, 0.5) is 11.4 Å². The number of carbonyl (C=O) groups is 4. The molecule has 0 unspecified atom stereocenters. The lowest BCUT2D eigenvalue weighted by Gasteiger charge is -2.22. The maximum atomic E-state index is 13.5. The molecule has 1 aliphatic carbocycles. The Balaban J connectivity index is 1.51. The average Bonchev–Trinajstić information content (AvgIpc) is 2.87. The van der Waals surface area contributed by atoms with Gasteiger partial charge in [-0.05, 0) is 42.5 Å². The molecule has 0 saturated carbocycles. The van der Waals surface area contributed by atoms with Crippen molar-refractivity contribution in [1.29, 1.82) is 0 Å². The Bertz CT molecular complexity index is 1530. The lowest BCUT2D eigenvalue weighted by molar-refractivity contribution is 0.0977. The van der Waals surface area contributed by atoms with E-state index in [9.17, 15) is 19.2 Å². The fraction of sp³-hybridized carbons (Fsp3) is 0. The molecular formula is C28H17BrN2O4. The monoisotopic (exact) mass is 524 g/mol. The highest BCUT2D eigenvalue weighted by atomic mass is 79.9.